The van der Waals surface area contributed by atoms with Gasteiger partial charge < -0.3 is 10.4 Å². The first kappa shape index (κ1) is 14.9. The summed E-state index contributed by atoms with van der Waals surface area (Å²) in [5.41, 5.74) is 0. The molecule has 0 unspecified atom stereocenters. The molecule has 0 radical (unpaired) electrons. The fourth-order valence-electron chi connectivity index (χ4n) is 2.65. The van der Waals surface area contributed by atoms with E-state index in [-0.39, 0.29) is 6.42 Å². The maximum Gasteiger partial charge on any atom is 0.308 e. The zero-order valence-corrected chi connectivity index (χ0v) is 12.9. The van der Waals surface area contributed by atoms with Crippen LogP contribution in [0, 0.1) is 0 Å². The molecule has 0 spiro atoms. The highest BCUT2D eigenvalue weighted by Crippen LogP contribution is 2.39. The molecule has 0 amide bonds. The molecule has 5 heteroatoms. The van der Waals surface area contributed by atoms with E-state index in [1.165, 1.54) is 30.6 Å². The lowest BCUT2D eigenvalue weighted by Crippen LogP contribution is -2.34. The lowest BCUT2D eigenvalue weighted by molar-refractivity contribution is -0.136. The molecule has 0 aliphatic heterocycles. The van der Waals surface area contributed by atoms with Gasteiger partial charge in [-0.05, 0) is 31.2 Å². The van der Waals surface area contributed by atoms with Gasteiger partial charge in [0.15, 0.2) is 0 Å². The molecule has 106 valence electrons. The van der Waals surface area contributed by atoms with Crippen LogP contribution >= 0.6 is 23.1 Å². The second kappa shape index (κ2) is 6.77. The summed E-state index contributed by atoms with van der Waals surface area (Å²) < 4.78 is 0.432. The zero-order chi connectivity index (χ0) is 13.7. The first-order valence-electron chi connectivity index (χ1n) is 6.69. The van der Waals surface area contributed by atoms with E-state index in [1.807, 2.05) is 23.9 Å². The molecule has 2 rings (SSSR count). The second-order valence-corrected chi connectivity index (χ2v) is 7.66. The van der Waals surface area contributed by atoms with Gasteiger partial charge in [0, 0.05) is 27.6 Å². The van der Waals surface area contributed by atoms with Crippen LogP contribution in [0.25, 0.3) is 0 Å². The second-order valence-electron chi connectivity index (χ2n) is 5.14. The monoisotopic (exact) mass is 299 g/mol. The number of carboxylic acid groups (broad SMARTS) is 1. The summed E-state index contributed by atoms with van der Waals surface area (Å²) in [5.74, 6) is -0.756. The predicted octanol–water partition coefficient (Wildman–Crippen LogP) is 3.14. The van der Waals surface area contributed by atoms with Crippen LogP contribution in [0.2, 0.25) is 0 Å². The average Bonchev–Trinajstić information content (AvgIpc) is 2.99. The van der Waals surface area contributed by atoms with E-state index in [9.17, 15) is 4.79 Å². The van der Waals surface area contributed by atoms with Crippen LogP contribution in [0.4, 0.5) is 0 Å². The van der Waals surface area contributed by atoms with Gasteiger partial charge in [-0.25, -0.2) is 0 Å². The van der Waals surface area contributed by atoms with Gasteiger partial charge in [0.25, 0.3) is 0 Å². The number of aliphatic carboxylic acids is 1. The molecule has 0 saturated heterocycles. The predicted molar refractivity (Wildman–Crippen MR) is 82.1 cm³/mol. The summed E-state index contributed by atoms with van der Waals surface area (Å²) >= 11 is 3.59. The Labute approximate surface area is 122 Å². The van der Waals surface area contributed by atoms with Crippen LogP contribution in [0.5, 0.6) is 0 Å². The SMILES string of the molecule is CSC1(CNCc2ccc(CC(=O)O)s2)CCCC1. The maximum absolute atomic E-state index is 10.6. The molecule has 0 aromatic carbocycles. The van der Waals surface area contributed by atoms with Crippen molar-refractivity contribution in [2.45, 2.75) is 43.4 Å². The molecule has 0 atom stereocenters. The highest BCUT2D eigenvalue weighted by molar-refractivity contribution is 8.00. The van der Waals surface area contributed by atoms with Crippen LogP contribution in [-0.4, -0.2) is 28.6 Å². The molecule has 1 aromatic rings. The van der Waals surface area contributed by atoms with Gasteiger partial charge >= 0.3 is 5.97 Å². The number of hydrogen-bond donors (Lipinski definition) is 2. The minimum atomic E-state index is -0.756. The Morgan fingerprint density at radius 3 is 2.74 bits per heavy atom. The van der Waals surface area contributed by atoms with E-state index >= 15 is 0 Å². The van der Waals surface area contributed by atoms with Crippen molar-refractivity contribution in [2.24, 2.45) is 0 Å². The standard InChI is InChI=1S/C14H21NO2S2/c1-18-14(6-2-3-7-14)10-15-9-12-5-4-11(19-12)8-13(16)17/h4-5,15H,2-3,6-10H2,1H3,(H,16,17). The molecule has 3 nitrogen and oxygen atoms in total. The molecule has 0 bridgehead atoms. The van der Waals surface area contributed by atoms with Gasteiger partial charge in [0.05, 0.1) is 6.42 Å². The van der Waals surface area contributed by atoms with E-state index in [2.05, 4.69) is 11.6 Å². The van der Waals surface area contributed by atoms with Crippen LogP contribution < -0.4 is 5.32 Å². The molecular formula is C14H21NO2S2. The zero-order valence-electron chi connectivity index (χ0n) is 11.3. The Morgan fingerprint density at radius 1 is 1.42 bits per heavy atom. The van der Waals surface area contributed by atoms with E-state index in [1.54, 1.807) is 11.3 Å². The summed E-state index contributed by atoms with van der Waals surface area (Å²) in [5, 5.41) is 12.3. The minimum absolute atomic E-state index is 0.138. The smallest absolute Gasteiger partial charge is 0.308 e. The Hall–Kier alpha value is -0.520. The normalized spacial score (nSPS) is 17.7. The molecule has 2 N–H and O–H groups in total. The van der Waals surface area contributed by atoms with Gasteiger partial charge in [-0.1, -0.05) is 12.8 Å². The average molecular weight is 299 g/mol. The van der Waals surface area contributed by atoms with Gasteiger partial charge in [0.1, 0.15) is 0 Å². The fourth-order valence-corrected chi connectivity index (χ4v) is 4.57. The largest absolute Gasteiger partial charge is 0.481 e. The van der Waals surface area contributed by atoms with Crippen molar-refractivity contribution in [1.82, 2.24) is 5.32 Å². The molecule has 1 saturated carbocycles. The number of carbonyl (C=O) groups is 1. The van der Waals surface area contributed by atoms with Crippen molar-refractivity contribution >= 4 is 29.1 Å². The van der Waals surface area contributed by atoms with E-state index in [4.69, 9.17) is 5.11 Å². The number of rotatable bonds is 7. The van der Waals surface area contributed by atoms with Gasteiger partial charge in [-0.15, -0.1) is 11.3 Å². The third kappa shape index (κ3) is 4.23. The minimum Gasteiger partial charge on any atom is -0.481 e. The van der Waals surface area contributed by atoms with Crippen molar-refractivity contribution in [2.75, 3.05) is 12.8 Å². The topological polar surface area (TPSA) is 49.3 Å². The van der Waals surface area contributed by atoms with Crippen molar-refractivity contribution in [3.63, 3.8) is 0 Å². The highest BCUT2D eigenvalue weighted by Gasteiger charge is 2.32. The van der Waals surface area contributed by atoms with Crippen LogP contribution in [0.1, 0.15) is 35.4 Å². The summed E-state index contributed by atoms with van der Waals surface area (Å²) in [6.45, 7) is 1.91. The van der Waals surface area contributed by atoms with Gasteiger partial charge in [-0.3, -0.25) is 4.79 Å². The van der Waals surface area contributed by atoms with Crippen molar-refractivity contribution in [3.8, 4) is 0 Å². The Balaban J connectivity index is 1.79. The van der Waals surface area contributed by atoms with Gasteiger partial charge in [0.2, 0.25) is 0 Å². The van der Waals surface area contributed by atoms with Crippen LogP contribution in [0.3, 0.4) is 0 Å². The van der Waals surface area contributed by atoms with Crippen molar-refractivity contribution in [1.29, 1.82) is 0 Å². The Morgan fingerprint density at radius 2 is 2.11 bits per heavy atom. The molecule has 1 aromatic heterocycles. The number of nitrogens with one attached hydrogen (secondary N) is 1. The number of thiophene rings is 1. The molecule has 1 fully saturated rings. The van der Waals surface area contributed by atoms with Gasteiger partial charge in [-0.2, -0.15) is 11.8 Å². The maximum atomic E-state index is 10.6. The number of hydrogen-bond acceptors (Lipinski definition) is 4. The summed E-state index contributed by atoms with van der Waals surface area (Å²) in [6, 6.07) is 3.96. The van der Waals surface area contributed by atoms with E-state index < -0.39 is 5.97 Å². The highest BCUT2D eigenvalue weighted by atomic mass is 32.2. The molecule has 1 heterocycles. The Bertz CT molecular complexity index is 425. The third-order valence-electron chi connectivity index (χ3n) is 3.74. The van der Waals surface area contributed by atoms with Crippen LogP contribution in [-0.2, 0) is 17.8 Å². The quantitative estimate of drug-likeness (QED) is 0.812. The van der Waals surface area contributed by atoms with Crippen molar-refractivity contribution in [3.05, 3.63) is 21.9 Å². The summed E-state index contributed by atoms with van der Waals surface area (Å²) in [7, 11) is 0. The van der Waals surface area contributed by atoms with E-state index in [0.29, 0.717) is 4.75 Å². The lowest BCUT2D eigenvalue weighted by atomic mass is 10.1. The Kier molecular flexibility index (Phi) is 5.30. The number of carboxylic acids is 1. The molecule has 1 aliphatic rings. The third-order valence-corrected chi connectivity index (χ3v) is 6.24. The first-order chi connectivity index (χ1) is 9.13. The van der Waals surface area contributed by atoms with Crippen molar-refractivity contribution < 1.29 is 9.90 Å². The molecule has 19 heavy (non-hydrogen) atoms. The first-order valence-corrected chi connectivity index (χ1v) is 8.73. The van der Waals surface area contributed by atoms with E-state index in [0.717, 1.165) is 18.0 Å². The van der Waals surface area contributed by atoms with Crippen LogP contribution in [0.15, 0.2) is 12.1 Å². The lowest BCUT2D eigenvalue weighted by Gasteiger charge is -2.26. The number of thioether (sulfide) groups is 1. The molecular weight excluding hydrogens is 278 g/mol. The molecule has 1 aliphatic carbocycles. The fraction of sp³-hybridized carbons (Fsp3) is 0.643. The summed E-state index contributed by atoms with van der Waals surface area (Å²) in [4.78, 5) is 12.8. The summed E-state index contributed by atoms with van der Waals surface area (Å²) in [6.07, 6.45) is 7.68.